The third-order valence-electron chi connectivity index (χ3n) is 1.54. The van der Waals surface area contributed by atoms with Crippen LogP contribution in [0.1, 0.15) is 0 Å². The van der Waals surface area contributed by atoms with Crippen LogP contribution in [0.25, 0.3) is 10.2 Å². The van der Waals surface area contributed by atoms with Crippen LogP contribution in [-0.4, -0.2) is 11.3 Å². The Morgan fingerprint density at radius 2 is 2.21 bits per heavy atom. The van der Waals surface area contributed by atoms with E-state index in [9.17, 15) is 0 Å². The van der Waals surface area contributed by atoms with Crippen molar-refractivity contribution in [3.63, 3.8) is 0 Å². The number of hydrazone groups is 1. The lowest BCUT2D eigenvalue weighted by molar-refractivity contribution is 1.20. The van der Waals surface area contributed by atoms with Gasteiger partial charge in [0.25, 0.3) is 0 Å². The van der Waals surface area contributed by atoms with E-state index < -0.39 is 0 Å². The second kappa shape index (κ2) is 3.93. The van der Waals surface area contributed by atoms with Crippen LogP contribution in [0.3, 0.4) is 0 Å². The first-order chi connectivity index (χ1) is 6.90. The van der Waals surface area contributed by atoms with Gasteiger partial charge in [-0.2, -0.15) is 5.10 Å². The number of rotatable bonds is 2. The van der Waals surface area contributed by atoms with Crippen molar-refractivity contribution in [2.75, 3.05) is 0 Å². The summed E-state index contributed by atoms with van der Waals surface area (Å²) in [6.07, 6.45) is 1.17. The maximum atomic E-state index is 4.87. The molecule has 70 valence electrons. The van der Waals surface area contributed by atoms with Gasteiger partial charge in [-0.1, -0.05) is 23.5 Å². The van der Waals surface area contributed by atoms with Gasteiger partial charge in [0.15, 0.2) is 6.34 Å². The van der Waals surface area contributed by atoms with Gasteiger partial charge in [0.1, 0.15) is 0 Å². The van der Waals surface area contributed by atoms with Crippen molar-refractivity contribution in [1.29, 1.82) is 0 Å². The molecule has 0 amide bonds. The summed E-state index contributed by atoms with van der Waals surface area (Å²) >= 11 is 1.47. The normalized spacial score (nSPS) is 12.0. The molecule has 0 radical (unpaired) electrons. The lowest BCUT2D eigenvalue weighted by Crippen LogP contribution is -1.76. The minimum absolute atomic E-state index is 0.603. The highest BCUT2D eigenvalue weighted by atomic mass is 32.1. The molecular formula is C8H7N5S. The zero-order valence-electron chi connectivity index (χ0n) is 7.16. The van der Waals surface area contributed by atoms with Gasteiger partial charge in [0.2, 0.25) is 5.13 Å². The second-order valence-electron chi connectivity index (χ2n) is 2.44. The molecule has 1 heterocycles. The van der Waals surface area contributed by atoms with Crippen molar-refractivity contribution in [3.8, 4) is 0 Å². The molecule has 0 spiro atoms. The maximum Gasteiger partial charge on any atom is 0.231 e. The predicted molar refractivity (Wildman–Crippen MR) is 56.8 cm³/mol. The highest BCUT2D eigenvalue weighted by Crippen LogP contribution is 2.27. The Bertz CT molecular complexity index is 454. The minimum Gasteiger partial charge on any atom is -0.322 e. The van der Waals surface area contributed by atoms with E-state index in [0.29, 0.717) is 5.13 Å². The van der Waals surface area contributed by atoms with Crippen LogP contribution in [0.15, 0.2) is 39.6 Å². The smallest absolute Gasteiger partial charge is 0.231 e. The maximum absolute atomic E-state index is 4.87. The molecule has 1 aromatic carbocycles. The number of azo groups is 1. The standard InChI is InChI=1S/C8H7N5S/c9-10-5-11-13-8-12-6-3-1-2-4-7(6)14-8/h1-5H,9H2/b10-5+,13-11?. The molecule has 6 heteroatoms. The summed E-state index contributed by atoms with van der Waals surface area (Å²) < 4.78 is 1.09. The van der Waals surface area contributed by atoms with Gasteiger partial charge in [-0.05, 0) is 12.1 Å². The molecule has 5 nitrogen and oxygen atoms in total. The van der Waals surface area contributed by atoms with Gasteiger partial charge < -0.3 is 5.84 Å². The summed E-state index contributed by atoms with van der Waals surface area (Å²) in [4.78, 5) is 4.24. The molecule has 2 N–H and O–H groups in total. The van der Waals surface area contributed by atoms with Crippen molar-refractivity contribution in [2.24, 2.45) is 21.2 Å². The van der Waals surface area contributed by atoms with E-state index in [1.54, 1.807) is 0 Å². The number of hydrogen-bond acceptors (Lipinski definition) is 5. The van der Waals surface area contributed by atoms with Crippen molar-refractivity contribution in [3.05, 3.63) is 24.3 Å². The fraction of sp³-hybridized carbons (Fsp3) is 0. The van der Waals surface area contributed by atoms with Gasteiger partial charge in [0.05, 0.1) is 10.2 Å². The third-order valence-corrected chi connectivity index (χ3v) is 2.46. The van der Waals surface area contributed by atoms with Gasteiger partial charge in [-0.25, -0.2) is 4.98 Å². The summed E-state index contributed by atoms with van der Waals surface area (Å²) in [6, 6.07) is 7.82. The number of fused-ring (bicyclic) bond motifs is 1. The molecule has 0 saturated heterocycles. The summed E-state index contributed by atoms with van der Waals surface area (Å²) in [6.45, 7) is 0. The Kier molecular flexibility index (Phi) is 2.46. The zero-order valence-corrected chi connectivity index (χ0v) is 7.98. The fourth-order valence-corrected chi connectivity index (χ4v) is 1.80. The Hall–Kier alpha value is -1.82. The molecule has 0 bridgehead atoms. The van der Waals surface area contributed by atoms with Crippen LogP contribution < -0.4 is 5.84 Å². The molecule has 0 aliphatic heterocycles. The molecule has 0 aliphatic carbocycles. The first kappa shape index (κ1) is 8.76. The molecular weight excluding hydrogens is 198 g/mol. The van der Waals surface area contributed by atoms with Crippen LogP contribution in [0.2, 0.25) is 0 Å². The van der Waals surface area contributed by atoms with E-state index in [1.807, 2.05) is 24.3 Å². The number of para-hydroxylation sites is 1. The van der Waals surface area contributed by atoms with Crippen molar-refractivity contribution < 1.29 is 0 Å². The van der Waals surface area contributed by atoms with Gasteiger partial charge in [0, 0.05) is 0 Å². The summed E-state index contributed by atoms with van der Waals surface area (Å²) in [5, 5.41) is 11.2. The highest BCUT2D eigenvalue weighted by molar-refractivity contribution is 7.21. The van der Waals surface area contributed by atoms with E-state index in [2.05, 4.69) is 20.3 Å². The van der Waals surface area contributed by atoms with E-state index in [0.717, 1.165) is 10.2 Å². The van der Waals surface area contributed by atoms with Crippen LogP contribution >= 0.6 is 11.3 Å². The highest BCUT2D eigenvalue weighted by Gasteiger charge is 1.99. The molecule has 1 aromatic heterocycles. The first-order valence-electron chi connectivity index (χ1n) is 3.88. The van der Waals surface area contributed by atoms with Crippen molar-refractivity contribution >= 4 is 33.0 Å². The molecule has 0 unspecified atom stereocenters. The quantitative estimate of drug-likeness (QED) is 0.268. The lowest BCUT2D eigenvalue weighted by atomic mass is 10.3. The average Bonchev–Trinajstić information content (AvgIpc) is 2.60. The molecule has 0 aliphatic rings. The summed E-state index contributed by atoms with van der Waals surface area (Å²) in [7, 11) is 0. The third kappa shape index (κ3) is 1.74. The summed E-state index contributed by atoms with van der Waals surface area (Å²) in [5.74, 6) is 4.87. The topological polar surface area (TPSA) is 76.0 Å². The fourth-order valence-electron chi connectivity index (χ4n) is 1.01. The number of thiazole rings is 1. The van der Waals surface area contributed by atoms with Crippen LogP contribution in [0.5, 0.6) is 0 Å². The zero-order chi connectivity index (χ0) is 9.80. The van der Waals surface area contributed by atoms with E-state index in [-0.39, 0.29) is 0 Å². The second-order valence-corrected chi connectivity index (χ2v) is 3.45. The molecule has 0 saturated carbocycles. The van der Waals surface area contributed by atoms with Crippen LogP contribution in [-0.2, 0) is 0 Å². The van der Waals surface area contributed by atoms with Crippen LogP contribution in [0.4, 0.5) is 5.13 Å². The van der Waals surface area contributed by atoms with Crippen LogP contribution in [0, 0.1) is 0 Å². The van der Waals surface area contributed by atoms with Gasteiger partial charge >= 0.3 is 0 Å². The van der Waals surface area contributed by atoms with Crippen molar-refractivity contribution in [2.45, 2.75) is 0 Å². The van der Waals surface area contributed by atoms with Crippen molar-refractivity contribution in [1.82, 2.24) is 4.98 Å². The van der Waals surface area contributed by atoms with E-state index >= 15 is 0 Å². The number of nitrogens with zero attached hydrogens (tertiary/aromatic N) is 4. The first-order valence-corrected chi connectivity index (χ1v) is 4.70. The average molecular weight is 205 g/mol. The molecule has 0 fully saturated rings. The van der Waals surface area contributed by atoms with E-state index in [4.69, 9.17) is 5.84 Å². The monoisotopic (exact) mass is 205 g/mol. The number of nitrogens with two attached hydrogens (primary N) is 1. The lowest BCUT2D eigenvalue weighted by Gasteiger charge is -1.80. The van der Waals surface area contributed by atoms with E-state index in [1.165, 1.54) is 17.7 Å². The number of hydrogen-bond donors (Lipinski definition) is 1. The summed E-state index contributed by atoms with van der Waals surface area (Å²) in [5.41, 5.74) is 0.927. The molecule has 2 rings (SSSR count). The predicted octanol–water partition coefficient (Wildman–Crippen LogP) is 2.28. The molecule has 14 heavy (non-hydrogen) atoms. The largest absolute Gasteiger partial charge is 0.322 e. The Balaban J connectivity index is 2.35. The van der Waals surface area contributed by atoms with Gasteiger partial charge in [-0.15, -0.1) is 10.2 Å². The Morgan fingerprint density at radius 1 is 1.36 bits per heavy atom. The minimum atomic E-state index is 0.603. The Morgan fingerprint density at radius 3 is 3.00 bits per heavy atom. The molecule has 2 aromatic rings. The van der Waals surface area contributed by atoms with Gasteiger partial charge in [-0.3, -0.25) is 0 Å². The number of aromatic nitrogens is 1. The Labute approximate surface area is 84.0 Å². The molecule has 0 atom stereocenters. The SMILES string of the molecule is N/N=C/N=Nc1nc2ccccc2s1. The number of benzene rings is 1.